The van der Waals surface area contributed by atoms with Gasteiger partial charge >= 0.3 is 5.97 Å². The van der Waals surface area contributed by atoms with E-state index in [1.54, 1.807) is 33.2 Å². The number of hydrogen-bond acceptors (Lipinski definition) is 8. The van der Waals surface area contributed by atoms with E-state index >= 15 is 0 Å². The standard InChI is InChI=1S/C20H24N4O4/c1-19(2,3)27-18(26)16-8-15(23-28-16)17-21-11-13(12-22-17)24-6-4-20(5-7-24)9-14(25)10-20/h8,11-12H,4-7,9-10H2,1-3H3. The van der Waals surface area contributed by atoms with Crippen LogP contribution in [0.4, 0.5) is 5.69 Å². The number of carbonyl (C=O) groups excluding carboxylic acids is 2. The molecule has 8 nitrogen and oxygen atoms in total. The van der Waals surface area contributed by atoms with Crippen LogP contribution < -0.4 is 4.90 Å². The number of rotatable bonds is 3. The van der Waals surface area contributed by atoms with Gasteiger partial charge in [-0.05, 0) is 39.0 Å². The fraction of sp³-hybridized carbons (Fsp3) is 0.550. The van der Waals surface area contributed by atoms with E-state index in [2.05, 4.69) is 20.0 Å². The summed E-state index contributed by atoms with van der Waals surface area (Å²) in [6.07, 6.45) is 7.05. The Morgan fingerprint density at radius 1 is 1.18 bits per heavy atom. The molecule has 1 saturated carbocycles. The molecule has 0 unspecified atom stereocenters. The highest BCUT2D eigenvalue weighted by Gasteiger charge is 2.45. The van der Waals surface area contributed by atoms with Crippen LogP contribution in [0.1, 0.15) is 57.0 Å². The van der Waals surface area contributed by atoms with Crippen molar-refractivity contribution in [3.63, 3.8) is 0 Å². The third kappa shape index (κ3) is 3.76. The van der Waals surface area contributed by atoms with E-state index in [0.29, 0.717) is 17.3 Å². The molecule has 0 radical (unpaired) electrons. The Hall–Kier alpha value is -2.77. The predicted octanol–water partition coefficient (Wildman–Crippen LogP) is 3.04. The average molecular weight is 384 g/mol. The first-order valence-corrected chi connectivity index (χ1v) is 9.52. The monoisotopic (exact) mass is 384 g/mol. The number of carbonyl (C=O) groups is 2. The minimum atomic E-state index is -0.609. The van der Waals surface area contributed by atoms with Gasteiger partial charge < -0.3 is 14.2 Å². The van der Waals surface area contributed by atoms with Crippen molar-refractivity contribution in [1.29, 1.82) is 0 Å². The molecule has 2 aromatic heterocycles. The van der Waals surface area contributed by atoms with Gasteiger partial charge in [-0.1, -0.05) is 5.16 Å². The van der Waals surface area contributed by atoms with Gasteiger partial charge in [-0.2, -0.15) is 0 Å². The fourth-order valence-electron chi connectivity index (χ4n) is 3.80. The summed E-state index contributed by atoms with van der Waals surface area (Å²) in [5.41, 5.74) is 0.966. The molecule has 4 rings (SSSR count). The lowest BCUT2D eigenvalue weighted by Gasteiger charge is -2.47. The van der Waals surface area contributed by atoms with Crippen molar-refractivity contribution < 1.29 is 18.8 Å². The van der Waals surface area contributed by atoms with Gasteiger partial charge in [-0.3, -0.25) is 4.79 Å². The Balaban J connectivity index is 1.40. The highest BCUT2D eigenvalue weighted by atomic mass is 16.6. The number of esters is 1. The molecule has 8 heteroatoms. The maximum Gasteiger partial charge on any atom is 0.377 e. The van der Waals surface area contributed by atoms with Crippen molar-refractivity contribution in [3.05, 3.63) is 24.2 Å². The first kappa shape index (κ1) is 18.6. The summed E-state index contributed by atoms with van der Waals surface area (Å²) in [6, 6.07) is 1.49. The summed E-state index contributed by atoms with van der Waals surface area (Å²) in [5, 5.41) is 3.88. The molecule has 0 bridgehead atoms. The smallest absolute Gasteiger partial charge is 0.377 e. The van der Waals surface area contributed by atoms with Gasteiger partial charge in [0.05, 0.1) is 18.1 Å². The van der Waals surface area contributed by atoms with E-state index in [4.69, 9.17) is 9.26 Å². The molecule has 0 atom stereocenters. The predicted molar refractivity (Wildman–Crippen MR) is 101 cm³/mol. The summed E-state index contributed by atoms with van der Waals surface area (Å²) in [4.78, 5) is 34.4. The van der Waals surface area contributed by atoms with Crippen LogP contribution in [0.3, 0.4) is 0 Å². The number of aromatic nitrogens is 3. The zero-order chi connectivity index (χ0) is 19.9. The summed E-state index contributed by atoms with van der Waals surface area (Å²) >= 11 is 0. The van der Waals surface area contributed by atoms with Crippen LogP contribution in [0.15, 0.2) is 23.0 Å². The summed E-state index contributed by atoms with van der Waals surface area (Å²) in [6.45, 7) is 7.17. The zero-order valence-corrected chi connectivity index (χ0v) is 16.4. The molecule has 2 aromatic rings. The van der Waals surface area contributed by atoms with Crippen molar-refractivity contribution in [1.82, 2.24) is 15.1 Å². The number of anilines is 1. The summed E-state index contributed by atoms with van der Waals surface area (Å²) < 4.78 is 10.3. The minimum absolute atomic E-state index is 0.0222. The molecule has 28 heavy (non-hydrogen) atoms. The molecule has 148 valence electrons. The van der Waals surface area contributed by atoms with Crippen molar-refractivity contribution in [3.8, 4) is 11.5 Å². The van der Waals surface area contributed by atoms with Crippen LogP contribution in [0.5, 0.6) is 0 Å². The Bertz CT molecular complexity index is 880. The number of hydrogen-bond donors (Lipinski definition) is 0. The largest absolute Gasteiger partial charge is 0.454 e. The van der Waals surface area contributed by atoms with Crippen LogP contribution in [-0.2, 0) is 9.53 Å². The second kappa shape index (κ2) is 6.68. The lowest BCUT2D eigenvalue weighted by Crippen LogP contribution is -2.47. The number of ether oxygens (including phenoxy) is 1. The van der Waals surface area contributed by atoms with Gasteiger partial charge in [-0.15, -0.1) is 0 Å². The molecule has 0 N–H and O–H groups in total. The SMILES string of the molecule is CC(C)(C)OC(=O)c1cc(-c2ncc(N3CCC4(CC3)CC(=O)C4)cn2)no1. The minimum Gasteiger partial charge on any atom is -0.454 e. The highest BCUT2D eigenvalue weighted by Crippen LogP contribution is 2.47. The van der Waals surface area contributed by atoms with Crippen molar-refractivity contribution in [2.45, 2.75) is 52.1 Å². The van der Waals surface area contributed by atoms with Crippen molar-refractivity contribution >= 4 is 17.4 Å². The van der Waals surface area contributed by atoms with Crippen LogP contribution >= 0.6 is 0 Å². The Morgan fingerprint density at radius 3 is 2.39 bits per heavy atom. The molecule has 0 aromatic carbocycles. The first-order valence-electron chi connectivity index (χ1n) is 9.52. The molecule has 2 aliphatic rings. The number of piperidine rings is 1. The third-order valence-electron chi connectivity index (χ3n) is 5.31. The lowest BCUT2D eigenvalue weighted by atomic mass is 9.62. The normalized spacial score (nSPS) is 18.8. The van der Waals surface area contributed by atoms with Gasteiger partial charge in [0.15, 0.2) is 11.5 Å². The lowest BCUT2D eigenvalue weighted by molar-refractivity contribution is -0.133. The summed E-state index contributed by atoms with van der Waals surface area (Å²) in [5.74, 6) is 0.230. The first-order chi connectivity index (χ1) is 13.2. The molecule has 1 spiro atoms. The topological polar surface area (TPSA) is 98.4 Å². The number of Topliss-reactive ketones (excluding diaryl/α,β-unsaturated/α-hetero) is 1. The van der Waals surface area contributed by atoms with Gasteiger partial charge in [0.2, 0.25) is 5.76 Å². The van der Waals surface area contributed by atoms with Crippen LogP contribution in [-0.4, -0.2) is 45.6 Å². The molecule has 1 aliphatic heterocycles. The molecular formula is C20H24N4O4. The zero-order valence-electron chi connectivity index (χ0n) is 16.4. The molecular weight excluding hydrogens is 360 g/mol. The number of ketones is 1. The molecule has 1 aliphatic carbocycles. The van der Waals surface area contributed by atoms with Crippen LogP contribution in [0.25, 0.3) is 11.5 Å². The Labute approximate surface area is 163 Å². The quantitative estimate of drug-likeness (QED) is 0.745. The fourth-order valence-corrected chi connectivity index (χ4v) is 3.80. The van der Waals surface area contributed by atoms with Crippen LogP contribution in [0, 0.1) is 5.41 Å². The molecule has 3 heterocycles. The van der Waals surface area contributed by atoms with E-state index in [-0.39, 0.29) is 11.2 Å². The molecule has 0 amide bonds. The van der Waals surface area contributed by atoms with Gasteiger partial charge in [0.1, 0.15) is 11.4 Å². The van der Waals surface area contributed by atoms with Gasteiger partial charge in [-0.25, -0.2) is 14.8 Å². The third-order valence-corrected chi connectivity index (χ3v) is 5.31. The van der Waals surface area contributed by atoms with Crippen molar-refractivity contribution in [2.75, 3.05) is 18.0 Å². The molecule has 1 saturated heterocycles. The average Bonchev–Trinajstić information content (AvgIpc) is 3.10. The summed E-state index contributed by atoms with van der Waals surface area (Å²) in [7, 11) is 0. The second-order valence-corrected chi connectivity index (χ2v) is 8.72. The van der Waals surface area contributed by atoms with E-state index in [1.165, 1.54) is 6.07 Å². The van der Waals surface area contributed by atoms with E-state index in [0.717, 1.165) is 44.5 Å². The van der Waals surface area contributed by atoms with Crippen LogP contribution in [0.2, 0.25) is 0 Å². The van der Waals surface area contributed by atoms with E-state index < -0.39 is 11.6 Å². The Kier molecular flexibility index (Phi) is 4.44. The van der Waals surface area contributed by atoms with Gasteiger partial charge in [0, 0.05) is 32.0 Å². The highest BCUT2D eigenvalue weighted by molar-refractivity contribution is 5.87. The number of nitrogens with zero attached hydrogens (tertiary/aromatic N) is 4. The maximum absolute atomic E-state index is 12.0. The Morgan fingerprint density at radius 2 is 1.82 bits per heavy atom. The van der Waals surface area contributed by atoms with E-state index in [9.17, 15) is 9.59 Å². The second-order valence-electron chi connectivity index (χ2n) is 8.72. The molecule has 2 fully saturated rings. The van der Waals surface area contributed by atoms with Crippen molar-refractivity contribution in [2.24, 2.45) is 5.41 Å². The maximum atomic E-state index is 12.0. The van der Waals surface area contributed by atoms with E-state index in [1.807, 2.05) is 0 Å². The van der Waals surface area contributed by atoms with Gasteiger partial charge in [0.25, 0.3) is 0 Å².